The van der Waals surface area contributed by atoms with E-state index in [4.69, 9.17) is 0 Å². The largest absolute Gasteiger partial charge is 0.481 e. The fourth-order valence-electron chi connectivity index (χ4n) is 3.92. The normalized spacial score (nSPS) is 12.5. The van der Waals surface area contributed by atoms with Gasteiger partial charge in [-0.1, -0.05) is 50.1 Å². The highest BCUT2D eigenvalue weighted by atomic mass is 32.2. The molecule has 2 rings (SSSR count). The Labute approximate surface area is 207 Å². The van der Waals surface area contributed by atoms with Crippen molar-refractivity contribution in [1.29, 1.82) is 0 Å². The van der Waals surface area contributed by atoms with Crippen molar-refractivity contribution in [3.63, 3.8) is 0 Å². The highest BCUT2D eigenvalue weighted by Crippen LogP contribution is 2.23. The summed E-state index contributed by atoms with van der Waals surface area (Å²) in [5, 5.41) is 13.6. The Balaban J connectivity index is 2.31. The van der Waals surface area contributed by atoms with E-state index in [2.05, 4.69) is 5.32 Å². The second kappa shape index (κ2) is 13.2. The Kier molecular flexibility index (Phi) is 10.7. The molecule has 0 fully saturated rings. The third-order valence-corrected chi connectivity index (χ3v) is 7.50. The van der Waals surface area contributed by atoms with Crippen LogP contribution in [0.1, 0.15) is 52.9 Å². The van der Waals surface area contributed by atoms with Crippen molar-refractivity contribution in [2.24, 2.45) is 5.92 Å². The first-order valence-corrected chi connectivity index (χ1v) is 13.7. The molecule has 2 aromatic rings. The highest BCUT2D eigenvalue weighted by molar-refractivity contribution is 7.91. The van der Waals surface area contributed by atoms with Crippen LogP contribution in [0.25, 0.3) is 10.8 Å². The van der Waals surface area contributed by atoms with Gasteiger partial charge < -0.3 is 15.3 Å². The zero-order valence-corrected chi connectivity index (χ0v) is 21.5. The minimum absolute atomic E-state index is 0.0828. The fraction of sp³-hybridized carbons (Fsp3) is 0.500. The third kappa shape index (κ3) is 8.98. The number of carboxylic acids is 1. The molecular weight excluding hydrogens is 468 g/mol. The van der Waals surface area contributed by atoms with Gasteiger partial charge in [0.25, 0.3) is 0 Å². The number of carbonyl (C=O) groups is 3. The minimum atomic E-state index is -3.89. The summed E-state index contributed by atoms with van der Waals surface area (Å²) >= 11 is 0. The SMILES string of the molecule is CCCCCN(CC(=O)NC(C)C)C(=O)C(CCC(=O)O)CS(=O)(=O)c1ccc2ccccc2c1. The summed E-state index contributed by atoms with van der Waals surface area (Å²) in [6.45, 7) is 5.75. The number of fused-ring (bicyclic) bond motifs is 1. The number of nitrogens with one attached hydrogen (secondary N) is 1. The van der Waals surface area contributed by atoms with Gasteiger partial charge in [-0.15, -0.1) is 0 Å². The van der Waals surface area contributed by atoms with Crippen LogP contribution >= 0.6 is 0 Å². The molecule has 0 radical (unpaired) electrons. The number of benzene rings is 2. The lowest BCUT2D eigenvalue weighted by molar-refractivity contribution is -0.141. The average molecular weight is 505 g/mol. The van der Waals surface area contributed by atoms with Gasteiger partial charge in [0.1, 0.15) is 0 Å². The molecule has 192 valence electrons. The van der Waals surface area contributed by atoms with E-state index in [-0.39, 0.29) is 36.2 Å². The molecule has 0 aliphatic carbocycles. The molecule has 1 unspecified atom stereocenters. The van der Waals surface area contributed by atoms with Crippen LogP contribution in [-0.2, 0) is 24.2 Å². The number of nitrogens with zero attached hydrogens (tertiary/aromatic N) is 1. The number of carboxylic acid groups (broad SMARTS) is 1. The van der Waals surface area contributed by atoms with E-state index in [1.165, 1.54) is 11.0 Å². The van der Waals surface area contributed by atoms with E-state index in [9.17, 15) is 27.9 Å². The van der Waals surface area contributed by atoms with E-state index in [0.717, 1.165) is 23.6 Å². The Hall–Kier alpha value is -2.94. The number of hydrogen-bond donors (Lipinski definition) is 2. The molecular formula is C26H36N2O6S. The maximum atomic E-state index is 13.5. The Morgan fingerprint density at radius 1 is 1.03 bits per heavy atom. The smallest absolute Gasteiger partial charge is 0.303 e. The summed E-state index contributed by atoms with van der Waals surface area (Å²) in [5.74, 6) is -3.55. The molecule has 35 heavy (non-hydrogen) atoms. The lowest BCUT2D eigenvalue weighted by Crippen LogP contribution is -2.46. The van der Waals surface area contributed by atoms with E-state index < -0.39 is 33.4 Å². The van der Waals surface area contributed by atoms with Gasteiger partial charge in [0.2, 0.25) is 11.8 Å². The molecule has 1 atom stereocenters. The zero-order chi connectivity index (χ0) is 26.0. The molecule has 0 bridgehead atoms. The summed E-state index contributed by atoms with van der Waals surface area (Å²) in [6.07, 6.45) is 1.96. The molecule has 0 aliphatic rings. The molecule has 0 aromatic heterocycles. The summed E-state index contributed by atoms with van der Waals surface area (Å²) in [4.78, 5) is 38.6. The second-order valence-electron chi connectivity index (χ2n) is 9.11. The Morgan fingerprint density at radius 2 is 1.71 bits per heavy atom. The standard InChI is InChI=1S/C26H36N2O6S/c1-4-5-8-15-28(17-24(29)27-19(2)3)26(32)22(12-14-25(30)31)18-35(33,34)23-13-11-20-9-6-7-10-21(20)16-23/h6-7,9-11,13,16,19,22H,4-5,8,12,14-15,17-18H2,1-3H3,(H,27,29)(H,30,31). The Morgan fingerprint density at radius 3 is 2.34 bits per heavy atom. The molecule has 2 N–H and O–H groups in total. The average Bonchev–Trinajstić information content (AvgIpc) is 2.79. The van der Waals surface area contributed by atoms with Crippen molar-refractivity contribution >= 4 is 38.4 Å². The molecule has 0 aliphatic heterocycles. The number of rotatable bonds is 14. The van der Waals surface area contributed by atoms with Crippen LogP contribution in [0, 0.1) is 5.92 Å². The number of amides is 2. The van der Waals surface area contributed by atoms with Crippen molar-refractivity contribution in [1.82, 2.24) is 10.2 Å². The number of unbranched alkanes of at least 4 members (excludes halogenated alkanes) is 2. The topological polar surface area (TPSA) is 121 Å². The van der Waals surface area contributed by atoms with Gasteiger partial charge in [0.05, 0.1) is 23.1 Å². The second-order valence-corrected chi connectivity index (χ2v) is 11.1. The van der Waals surface area contributed by atoms with E-state index in [0.29, 0.717) is 13.0 Å². The van der Waals surface area contributed by atoms with Gasteiger partial charge in [-0.3, -0.25) is 14.4 Å². The number of aliphatic carboxylic acids is 1. The van der Waals surface area contributed by atoms with Gasteiger partial charge in [-0.2, -0.15) is 0 Å². The van der Waals surface area contributed by atoms with Crippen molar-refractivity contribution in [3.05, 3.63) is 42.5 Å². The third-order valence-electron chi connectivity index (χ3n) is 5.68. The summed E-state index contributed by atoms with van der Waals surface area (Å²) in [7, 11) is -3.89. The zero-order valence-electron chi connectivity index (χ0n) is 20.7. The van der Waals surface area contributed by atoms with Crippen molar-refractivity contribution in [3.8, 4) is 0 Å². The molecule has 8 nitrogen and oxygen atoms in total. The first-order valence-electron chi connectivity index (χ1n) is 12.0. The molecule has 2 amide bonds. The first kappa shape index (κ1) is 28.3. The fourth-order valence-corrected chi connectivity index (χ4v) is 5.53. The van der Waals surface area contributed by atoms with Crippen LogP contribution in [0.5, 0.6) is 0 Å². The Bertz CT molecular complexity index is 1130. The van der Waals surface area contributed by atoms with Crippen LogP contribution < -0.4 is 5.32 Å². The highest BCUT2D eigenvalue weighted by Gasteiger charge is 2.31. The van der Waals surface area contributed by atoms with E-state index >= 15 is 0 Å². The van der Waals surface area contributed by atoms with Crippen LogP contribution in [0.4, 0.5) is 0 Å². The molecule has 2 aromatic carbocycles. The van der Waals surface area contributed by atoms with E-state index in [1.54, 1.807) is 12.1 Å². The number of sulfone groups is 1. The number of hydrogen-bond acceptors (Lipinski definition) is 5. The summed E-state index contributed by atoms with van der Waals surface area (Å²) in [5.41, 5.74) is 0. The lowest BCUT2D eigenvalue weighted by Gasteiger charge is -2.27. The summed E-state index contributed by atoms with van der Waals surface area (Å²) < 4.78 is 26.6. The lowest BCUT2D eigenvalue weighted by atomic mass is 10.0. The molecule has 0 saturated carbocycles. The van der Waals surface area contributed by atoms with Gasteiger partial charge in [0.15, 0.2) is 9.84 Å². The monoisotopic (exact) mass is 504 g/mol. The predicted molar refractivity (Wildman–Crippen MR) is 136 cm³/mol. The molecule has 0 saturated heterocycles. The molecule has 0 heterocycles. The summed E-state index contributed by atoms with van der Waals surface area (Å²) in [6, 6.07) is 12.0. The van der Waals surface area contributed by atoms with Gasteiger partial charge >= 0.3 is 5.97 Å². The van der Waals surface area contributed by atoms with Crippen molar-refractivity contribution < 1.29 is 27.9 Å². The molecule has 0 spiro atoms. The number of carbonyl (C=O) groups excluding carboxylic acids is 2. The first-order chi connectivity index (χ1) is 16.5. The van der Waals surface area contributed by atoms with Crippen LogP contribution in [0.2, 0.25) is 0 Å². The maximum Gasteiger partial charge on any atom is 0.303 e. The van der Waals surface area contributed by atoms with Gasteiger partial charge in [-0.25, -0.2) is 8.42 Å². The van der Waals surface area contributed by atoms with Crippen molar-refractivity contribution in [2.75, 3.05) is 18.8 Å². The van der Waals surface area contributed by atoms with Crippen LogP contribution in [0.3, 0.4) is 0 Å². The van der Waals surface area contributed by atoms with Gasteiger partial charge in [0, 0.05) is 19.0 Å². The van der Waals surface area contributed by atoms with E-state index in [1.807, 2.05) is 45.0 Å². The van der Waals surface area contributed by atoms with Crippen molar-refractivity contribution in [2.45, 2.75) is 63.8 Å². The van der Waals surface area contributed by atoms with Gasteiger partial charge in [-0.05, 0) is 49.6 Å². The predicted octanol–water partition coefficient (Wildman–Crippen LogP) is 3.64. The minimum Gasteiger partial charge on any atom is -0.481 e. The van der Waals surface area contributed by atoms with Crippen LogP contribution in [-0.4, -0.2) is 61.1 Å². The van der Waals surface area contributed by atoms with Crippen LogP contribution in [0.15, 0.2) is 47.4 Å². The quantitative estimate of drug-likeness (QED) is 0.379. The maximum absolute atomic E-state index is 13.5. The molecule has 9 heteroatoms.